The number of aromatic nitrogens is 1. The van der Waals surface area contributed by atoms with Crippen molar-refractivity contribution < 1.29 is 9.53 Å². The third-order valence-electron chi connectivity index (χ3n) is 4.67. The van der Waals surface area contributed by atoms with Gasteiger partial charge < -0.3 is 20.3 Å². The van der Waals surface area contributed by atoms with Gasteiger partial charge in [-0.15, -0.1) is 0 Å². The van der Waals surface area contributed by atoms with Crippen molar-refractivity contribution in [3.05, 3.63) is 53.7 Å². The minimum atomic E-state index is -0.704. The van der Waals surface area contributed by atoms with E-state index in [2.05, 4.69) is 21.6 Å². The first-order valence-electron chi connectivity index (χ1n) is 8.81. The summed E-state index contributed by atoms with van der Waals surface area (Å²) in [6.45, 7) is 4.36. The summed E-state index contributed by atoms with van der Waals surface area (Å²) in [6, 6.07) is 13.9. The average molecular weight is 354 g/mol. The first-order chi connectivity index (χ1) is 12.5. The molecule has 0 saturated carbocycles. The molecule has 0 aliphatic carbocycles. The van der Waals surface area contributed by atoms with E-state index in [-0.39, 0.29) is 5.91 Å². The Morgan fingerprint density at radius 3 is 2.77 bits per heavy atom. The number of likely N-dealkylation sites (N-methyl/N-ethyl adjacent to an activating group) is 1. The maximum atomic E-state index is 12.9. The van der Waals surface area contributed by atoms with E-state index in [1.807, 2.05) is 50.4 Å². The Bertz CT molecular complexity index is 766. The Balaban J connectivity index is 1.89. The number of nitrogens with zero attached hydrogens (tertiary/aromatic N) is 2. The highest BCUT2D eigenvalue weighted by molar-refractivity contribution is 5.88. The largest absolute Gasteiger partial charge is 0.383 e. The molecule has 0 saturated heterocycles. The number of benzene rings is 1. The number of methoxy groups -OCH3 is 1. The molecule has 6 heteroatoms. The molecule has 0 spiro atoms. The van der Waals surface area contributed by atoms with Gasteiger partial charge in [-0.1, -0.05) is 24.3 Å². The van der Waals surface area contributed by atoms with Crippen molar-refractivity contribution in [3.8, 4) is 0 Å². The zero-order chi connectivity index (χ0) is 18.6. The molecule has 2 heterocycles. The van der Waals surface area contributed by atoms with Gasteiger partial charge in [-0.05, 0) is 37.7 Å². The van der Waals surface area contributed by atoms with Crippen LogP contribution in [0.25, 0.3) is 0 Å². The predicted molar refractivity (Wildman–Crippen MR) is 103 cm³/mol. The molecule has 3 rings (SSSR count). The number of carbonyl (C=O) groups excluding carboxylic acids is 1. The lowest BCUT2D eigenvalue weighted by Crippen LogP contribution is -2.53. The van der Waals surface area contributed by atoms with Crippen molar-refractivity contribution >= 4 is 17.4 Å². The third kappa shape index (κ3) is 3.86. The van der Waals surface area contributed by atoms with E-state index in [9.17, 15) is 4.79 Å². The second-order valence-electron chi connectivity index (χ2n) is 6.95. The predicted octanol–water partition coefficient (Wildman–Crippen LogP) is 2.29. The average Bonchev–Trinajstić information content (AvgIpc) is 2.63. The molecule has 1 aromatic carbocycles. The van der Waals surface area contributed by atoms with Gasteiger partial charge in [-0.25, -0.2) is 4.98 Å². The molecule has 1 atom stereocenters. The van der Waals surface area contributed by atoms with Crippen LogP contribution in [0.15, 0.2) is 42.5 Å². The number of pyridine rings is 1. The topological polar surface area (TPSA) is 66.5 Å². The molecule has 0 radical (unpaired) electrons. The summed E-state index contributed by atoms with van der Waals surface area (Å²) in [7, 11) is 3.65. The van der Waals surface area contributed by atoms with Gasteiger partial charge >= 0.3 is 0 Å². The van der Waals surface area contributed by atoms with Gasteiger partial charge in [0.25, 0.3) is 0 Å². The fourth-order valence-electron chi connectivity index (χ4n) is 3.43. The van der Waals surface area contributed by atoms with E-state index in [1.165, 1.54) is 0 Å². The van der Waals surface area contributed by atoms with Crippen molar-refractivity contribution in [3.63, 3.8) is 0 Å². The number of para-hydroxylation sites is 1. The minimum Gasteiger partial charge on any atom is -0.383 e. The Morgan fingerprint density at radius 2 is 2.04 bits per heavy atom. The molecule has 2 N–H and O–H groups in total. The first-order valence-corrected chi connectivity index (χ1v) is 8.81. The summed E-state index contributed by atoms with van der Waals surface area (Å²) in [5, 5.41) is 6.29. The van der Waals surface area contributed by atoms with Crippen molar-refractivity contribution in [2.45, 2.75) is 18.9 Å². The molecule has 1 aromatic heterocycles. The SMILES string of the molecule is COCCNC(=O)C1(C)CN(C)Cc2ccc(Nc3ccccc3)nc21. The minimum absolute atomic E-state index is 0.0216. The Morgan fingerprint density at radius 1 is 1.27 bits per heavy atom. The zero-order valence-corrected chi connectivity index (χ0v) is 15.6. The van der Waals surface area contributed by atoms with Gasteiger partial charge in [-0.3, -0.25) is 4.79 Å². The van der Waals surface area contributed by atoms with Gasteiger partial charge in [0.1, 0.15) is 11.2 Å². The molecule has 1 aliphatic heterocycles. The molecule has 6 nitrogen and oxygen atoms in total. The number of carbonyl (C=O) groups is 1. The lowest BCUT2D eigenvalue weighted by molar-refractivity contribution is -0.127. The summed E-state index contributed by atoms with van der Waals surface area (Å²) < 4.78 is 5.04. The van der Waals surface area contributed by atoms with Crippen molar-refractivity contribution in [1.29, 1.82) is 0 Å². The van der Waals surface area contributed by atoms with Crippen LogP contribution in [-0.2, 0) is 21.5 Å². The second kappa shape index (κ2) is 7.85. The lowest BCUT2D eigenvalue weighted by atomic mass is 9.79. The molecule has 26 heavy (non-hydrogen) atoms. The van der Waals surface area contributed by atoms with Crippen LogP contribution in [0.4, 0.5) is 11.5 Å². The van der Waals surface area contributed by atoms with Crippen LogP contribution in [0.1, 0.15) is 18.2 Å². The zero-order valence-electron chi connectivity index (χ0n) is 15.6. The number of fused-ring (bicyclic) bond motifs is 1. The maximum Gasteiger partial charge on any atom is 0.233 e. The molecule has 2 aromatic rings. The van der Waals surface area contributed by atoms with E-state index in [0.717, 1.165) is 29.3 Å². The third-order valence-corrected chi connectivity index (χ3v) is 4.67. The van der Waals surface area contributed by atoms with Crippen LogP contribution in [0, 0.1) is 0 Å². The maximum absolute atomic E-state index is 12.9. The molecule has 0 fully saturated rings. The van der Waals surface area contributed by atoms with Crippen LogP contribution in [-0.4, -0.2) is 49.6 Å². The molecule has 1 aliphatic rings. The van der Waals surface area contributed by atoms with Crippen LogP contribution in [0.5, 0.6) is 0 Å². The highest BCUT2D eigenvalue weighted by Crippen LogP contribution is 2.33. The van der Waals surface area contributed by atoms with E-state index in [0.29, 0.717) is 19.7 Å². The highest BCUT2D eigenvalue weighted by Gasteiger charge is 2.42. The van der Waals surface area contributed by atoms with Gasteiger partial charge in [0, 0.05) is 32.4 Å². The van der Waals surface area contributed by atoms with E-state index < -0.39 is 5.41 Å². The van der Waals surface area contributed by atoms with Gasteiger partial charge in [0.2, 0.25) is 5.91 Å². The normalized spacial score (nSPS) is 19.7. The number of hydrogen-bond donors (Lipinski definition) is 2. The second-order valence-corrected chi connectivity index (χ2v) is 6.95. The summed E-state index contributed by atoms with van der Waals surface area (Å²) in [6.07, 6.45) is 0. The summed E-state index contributed by atoms with van der Waals surface area (Å²) in [5.41, 5.74) is 2.19. The Kier molecular flexibility index (Phi) is 5.54. The van der Waals surface area contributed by atoms with Crippen LogP contribution in [0.2, 0.25) is 0 Å². The summed E-state index contributed by atoms with van der Waals surface area (Å²) in [4.78, 5) is 19.9. The number of ether oxygens (including phenoxy) is 1. The first kappa shape index (κ1) is 18.4. The van der Waals surface area contributed by atoms with E-state index in [1.54, 1.807) is 7.11 Å². The Labute approximate surface area is 154 Å². The standard InChI is InChI=1S/C20H26N4O2/c1-20(19(25)21-11-12-26-3)14-24(2)13-15-9-10-17(23-18(15)20)22-16-7-5-4-6-8-16/h4-10H,11-14H2,1-3H3,(H,21,25)(H,22,23). The van der Waals surface area contributed by atoms with Crippen LogP contribution >= 0.6 is 0 Å². The fraction of sp³-hybridized carbons (Fsp3) is 0.400. The lowest BCUT2D eigenvalue weighted by Gasteiger charge is -2.38. The number of hydrogen-bond acceptors (Lipinski definition) is 5. The summed E-state index contributed by atoms with van der Waals surface area (Å²) >= 11 is 0. The number of amides is 1. The van der Waals surface area contributed by atoms with Gasteiger partial charge in [-0.2, -0.15) is 0 Å². The quantitative estimate of drug-likeness (QED) is 0.779. The smallest absolute Gasteiger partial charge is 0.233 e. The van der Waals surface area contributed by atoms with Crippen LogP contribution < -0.4 is 10.6 Å². The highest BCUT2D eigenvalue weighted by atomic mass is 16.5. The molecule has 0 bridgehead atoms. The number of rotatable bonds is 6. The van der Waals surface area contributed by atoms with Gasteiger partial charge in [0.15, 0.2) is 0 Å². The molecular formula is C20H26N4O2. The fourth-order valence-corrected chi connectivity index (χ4v) is 3.43. The van der Waals surface area contributed by atoms with Crippen molar-refractivity contribution in [2.75, 3.05) is 39.2 Å². The number of nitrogens with one attached hydrogen (secondary N) is 2. The van der Waals surface area contributed by atoms with Gasteiger partial charge in [0.05, 0.1) is 12.3 Å². The Hall–Kier alpha value is -2.44. The van der Waals surface area contributed by atoms with Crippen molar-refractivity contribution in [1.82, 2.24) is 15.2 Å². The molecule has 138 valence electrons. The summed E-state index contributed by atoms with van der Waals surface area (Å²) in [5.74, 6) is 0.724. The molecular weight excluding hydrogens is 328 g/mol. The van der Waals surface area contributed by atoms with Crippen LogP contribution in [0.3, 0.4) is 0 Å². The van der Waals surface area contributed by atoms with Crippen molar-refractivity contribution in [2.24, 2.45) is 0 Å². The van der Waals surface area contributed by atoms with E-state index in [4.69, 9.17) is 9.72 Å². The monoisotopic (exact) mass is 354 g/mol. The number of anilines is 2. The van der Waals surface area contributed by atoms with E-state index >= 15 is 0 Å². The molecule has 1 amide bonds. The molecule has 1 unspecified atom stereocenters.